The van der Waals surface area contributed by atoms with Crippen molar-refractivity contribution < 1.29 is 25.2 Å². The lowest BCUT2D eigenvalue weighted by Gasteiger charge is -2.55. The molecule has 122 valence electrons. The van der Waals surface area contributed by atoms with Gasteiger partial charge in [0, 0.05) is 6.42 Å². The Morgan fingerprint density at radius 1 is 1.23 bits per heavy atom. The molecule has 0 aromatic heterocycles. The Balaban J connectivity index is 2.46. The lowest BCUT2D eigenvalue weighted by Crippen LogP contribution is -2.77. The molecule has 1 saturated heterocycles. The van der Waals surface area contributed by atoms with E-state index >= 15 is 0 Å². The first-order valence-corrected chi connectivity index (χ1v) is 7.18. The predicted molar refractivity (Wildman–Crippen MR) is 80.8 cm³/mol. The first kappa shape index (κ1) is 17.1. The Kier molecular flexibility index (Phi) is 5.01. The van der Waals surface area contributed by atoms with Crippen LogP contribution in [0.3, 0.4) is 0 Å². The summed E-state index contributed by atoms with van der Waals surface area (Å²) >= 11 is 0. The summed E-state index contributed by atoms with van der Waals surface area (Å²) in [6, 6.07) is 7.78. The van der Waals surface area contributed by atoms with Gasteiger partial charge >= 0.3 is 0 Å². The van der Waals surface area contributed by atoms with E-state index in [1.54, 1.807) is 24.3 Å². The quantitative estimate of drug-likeness (QED) is 0.460. The molecule has 0 amide bonds. The summed E-state index contributed by atoms with van der Waals surface area (Å²) in [5, 5.41) is 41.6. The van der Waals surface area contributed by atoms with Crippen molar-refractivity contribution in [3.63, 3.8) is 0 Å². The average Bonchev–Trinajstić information content (AvgIpc) is 2.51. The van der Waals surface area contributed by atoms with Crippen molar-refractivity contribution in [3.8, 4) is 0 Å². The molecule has 6 nitrogen and oxygen atoms in total. The van der Waals surface area contributed by atoms with Crippen LogP contribution in [0.2, 0.25) is 0 Å². The molecular formula is C16H23NO5. The van der Waals surface area contributed by atoms with Gasteiger partial charge in [-0.3, -0.25) is 0 Å². The molecule has 6 N–H and O–H groups in total. The maximum absolute atomic E-state index is 11.1. The van der Waals surface area contributed by atoms with E-state index in [9.17, 15) is 20.4 Å². The highest BCUT2D eigenvalue weighted by molar-refractivity contribution is 5.24. The van der Waals surface area contributed by atoms with Crippen molar-refractivity contribution in [3.05, 3.63) is 48.6 Å². The monoisotopic (exact) mass is 309 g/mol. The summed E-state index contributed by atoms with van der Waals surface area (Å²) in [5.74, 6) is 0. The lowest BCUT2D eigenvalue weighted by molar-refractivity contribution is -0.323. The van der Waals surface area contributed by atoms with Crippen LogP contribution in [-0.4, -0.2) is 56.7 Å². The summed E-state index contributed by atoms with van der Waals surface area (Å²) in [4.78, 5) is 0. The molecule has 0 saturated carbocycles. The van der Waals surface area contributed by atoms with E-state index in [2.05, 4.69) is 6.58 Å². The second-order valence-corrected chi connectivity index (χ2v) is 5.73. The zero-order valence-corrected chi connectivity index (χ0v) is 12.3. The van der Waals surface area contributed by atoms with Gasteiger partial charge < -0.3 is 30.9 Å². The zero-order valence-electron chi connectivity index (χ0n) is 12.3. The van der Waals surface area contributed by atoms with Crippen molar-refractivity contribution in [1.29, 1.82) is 0 Å². The number of benzene rings is 1. The van der Waals surface area contributed by atoms with Gasteiger partial charge in [0.15, 0.2) is 6.29 Å². The zero-order chi connectivity index (χ0) is 16.4. The number of nitrogens with two attached hydrogens (primary N) is 1. The maximum Gasteiger partial charge on any atom is 0.173 e. The van der Waals surface area contributed by atoms with E-state index < -0.39 is 36.2 Å². The molecule has 0 bridgehead atoms. The topological polar surface area (TPSA) is 116 Å². The van der Waals surface area contributed by atoms with Gasteiger partial charge in [-0.1, -0.05) is 36.4 Å². The average molecular weight is 309 g/mol. The van der Waals surface area contributed by atoms with Gasteiger partial charge in [0.05, 0.1) is 12.6 Å². The molecule has 0 aliphatic carbocycles. The van der Waals surface area contributed by atoms with Crippen LogP contribution in [0.4, 0.5) is 0 Å². The Hall–Kier alpha value is -1.28. The highest BCUT2D eigenvalue weighted by Gasteiger charge is 2.62. The first-order valence-electron chi connectivity index (χ1n) is 7.18. The third-order valence-electron chi connectivity index (χ3n) is 4.38. The molecule has 1 heterocycles. The molecule has 1 aromatic rings. The first-order chi connectivity index (χ1) is 10.4. The predicted octanol–water partition coefficient (Wildman–Crippen LogP) is -0.696. The minimum Gasteiger partial charge on any atom is -0.394 e. The fourth-order valence-electron chi connectivity index (χ4n) is 3.07. The van der Waals surface area contributed by atoms with Gasteiger partial charge in [0.1, 0.15) is 17.3 Å². The standard InChI is InChI=1S/C16H23NO5/c1-2-8-15(20)13(17)14(19)22-12(10-18)16(15,21)9-11-6-4-3-5-7-11/h2-7,12-14,18-21H,1,8-10,17H2/t12-,13-,14+,15-,16-/m1/s1. The second-order valence-electron chi connectivity index (χ2n) is 5.73. The fourth-order valence-corrected chi connectivity index (χ4v) is 3.07. The van der Waals surface area contributed by atoms with Gasteiger partial charge in [-0.05, 0) is 12.0 Å². The molecule has 5 atom stereocenters. The molecule has 1 fully saturated rings. The summed E-state index contributed by atoms with van der Waals surface area (Å²) in [6.07, 6.45) is -1.27. The van der Waals surface area contributed by atoms with Crippen LogP contribution in [0.25, 0.3) is 0 Å². The van der Waals surface area contributed by atoms with Crippen LogP contribution in [0.15, 0.2) is 43.0 Å². The van der Waals surface area contributed by atoms with E-state index in [1.807, 2.05) is 6.07 Å². The van der Waals surface area contributed by atoms with E-state index in [-0.39, 0.29) is 12.8 Å². The molecule has 0 unspecified atom stereocenters. The largest absolute Gasteiger partial charge is 0.394 e. The molecule has 1 aliphatic heterocycles. The Labute approximate surface area is 129 Å². The maximum atomic E-state index is 11.1. The molecule has 2 rings (SSSR count). The molecule has 22 heavy (non-hydrogen) atoms. The Bertz CT molecular complexity index is 511. The minimum atomic E-state index is -1.88. The SMILES string of the molecule is C=CC[C@@]1(O)[C@H](N)[C@@H](O)O[C@H](CO)[C@]1(O)Cc1ccccc1. The number of hydrogen-bond acceptors (Lipinski definition) is 6. The number of ether oxygens (including phenoxy) is 1. The lowest BCUT2D eigenvalue weighted by atomic mass is 9.67. The number of hydrogen-bond donors (Lipinski definition) is 5. The fraction of sp³-hybridized carbons (Fsp3) is 0.500. The smallest absolute Gasteiger partial charge is 0.173 e. The molecule has 0 radical (unpaired) electrons. The van der Waals surface area contributed by atoms with Gasteiger partial charge in [0.2, 0.25) is 0 Å². The Morgan fingerprint density at radius 2 is 1.86 bits per heavy atom. The van der Waals surface area contributed by atoms with Gasteiger partial charge in [-0.15, -0.1) is 6.58 Å². The molecule has 6 heteroatoms. The van der Waals surface area contributed by atoms with E-state index in [0.717, 1.165) is 5.56 Å². The van der Waals surface area contributed by atoms with Gasteiger partial charge in [-0.25, -0.2) is 0 Å². The highest BCUT2D eigenvalue weighted by atomic mass is 16.6. The second kappa shape index (κ2) is 6.45. The van der Waals surface area contributed by atoms with E-state index in [0.29, 0.717) is 0 Å². The molecule has 1 aromatic carbocycles. The van der Waals surface area contributed by atoms with Crippen LogP contribution < -0.4 is 5.73 Å². The van der Waals surface area contributed by atoms with Crippen molar-refractivity contribution >= 4 is 0 Å². The molecule has 1 aliphatic rings. The summed E-state index contributed by atoms with van der Waals surface area (Å²) < 4.78 is 5.21. The van der Waals surface area contributed by atoms with Crippen LogP contribution in [0, 0.1) is 0 Å². The number of aliphatic hydroxyl groups excluding tert-OH is 2. The van der Waals surface area contributed by atoms with Crippen LogP contribution in [-0.2, 0) is 11.2 Å². The van der Waals surface area contributed by atoms with Crippen molar-refractivity contribution in [2.45, 2.75) is 42.5 Å². The minimum absolute atomic E-state index is 0.0177. The van der Waals surface area contributed by atoms with Crippen LogP contribution in [0.5, 0.6) is 0 Å². The van der Waals surface area contributed by atoms with Crippen LogP contribution >= 0.6 is 0 Å². The molecule has 0 spiro atoms. The Morgan fingerprint density at radius 3 is 2.41 bits per heavy atom. The van der Waals surface area contributed by atoms with Gasteiger partial charge in [0.25, 0.3) is 0 Å². The summed E-state index contributed by atoms with van der Waals surface area (Å²) in [5.41, 5.74) is 2.88. The van der Waals surface area contributed by atoms with Crippen molar-refractivity contribution in [2.24, 2.45) is 5.73 Å². The van der Waals surface area contributed by atoms with E-state index in [4.69, 9.17) is 10.5 Å². The van der Waals surface area contributed by atoms with Crippen LogP contribution in [0.1, 0.15) is 12.0 Å². The number of rotatable bonds is 5. The third-order valence-corrected chi connectivity index (χ3v) is 4.38. The summed E-state index contributed by atoms with van der Waals surface area (Å²) in [7, 11) is 0. The van der Waals surface area contributed by atoms with Crippen molar-refractivity contribution in [1.82, 2.24) is 0 Å². The van der Waals surface area contributed by atoms with Crippen molar-refractivity contribution in [2.75, 3.05) is 6.61 Å². The molecular weight excluding hydrogens is 286 g/mol. The van der Waals surface area contributed by atoms with Gasteiger partial charge in [-0.2, -0.15) is 0 Å². The van der Waals surface area contributed by atoms with E-state index in [1.165, 1.54) is 6.08 Å². The normalized spacial score (nSPS) is 38.7. The third kappa shape index (κ3) is 2.69. The number of aliphatic hydroxyl groups is 4. The highest BCUT2D eigenvalue weighted by Crippen LogP contribution is 2.41. The summed E-state index contributed by atoms with van der Waals surface area (Å²) in [6.45, 7) is 3.01.